The van der Waals surface area contributed by atoms with E-state index in [4.69, 9.17) is 26.8 Å². The highest BCUT2D eigenvalue weighted by molar-refractivity contribution is 6.34. The van der Waals surface area contributed by atoms with Crippen molar-refractivity contribution in [3.05, 3.63) is 47.5 Å². The standard InChI is InChI=1S/C15H15ClN2O3/c1-20-11-3-2-4-12(8-11)21-9-15(19)18-14-6-5-10(17)7-13(14)16/h2-8H,9,17H2,1H3,(H,18,19). The lowest BCUT2D eigenvalue weighted by atomic mass is 10.3. The lowest BCUT2D eigenvalue weighted by Crippen LogP contribution is -2.20. The van der Waals surface area contributed by atoms with Gasteiger partial charge < -0.3 is 20.5 Å². The van der Waals surface area contributed by atoms with Crippen LogP contribution in [0.15, 0.2) is 42.5 Å². The van der Waals surface area contributed by atoms with Gasteiger partial charge in [-0.2, -0.15) is 0 Å². The first kappa shape index (κ1) is 15.0. The Morgan fingerprint density at radius 3 is 2.71 bits per heavy atom. The van der Waals surface area contributed by atoms with Crippen LogP contribution in [-0.2, 0) is 4.79 Å². The second-order valence-electron chi connectivity index (χ2n) is 4.26. The summed E-state index contributed by atoms with van der Waals surface area (Å²) in [6.07, 6.45) is 0. The zero-order valence-electron chi connectivity index (χ0n) is 11.4. The molecule has 0 aliphatic rings. The minimum absolute atomic E-state index is 0.131. The molecule has 2 aromatic carbocycles. The molecule has 0 bridgehead atoms. The highest BCUT2D eigenvalue weighted by atomic mass is 35.5. The molecule has 0 unspecified atom stereocenters. The van der Waals surface area contributed by atoms with Crippen LogP contribution in [0.25, 0.3) is 0 Å². The first-order chi connectivity index (χ1) is 10.1. The van der Waals surface area contributed by atoms with Crippen LogP contribution >= 0.6 is 11.6 Å². The van der Waals surface area contributed by atoms with E-state index in [9.17, 15) is 4.79 Å². The average Bonchev–Trinajstić information content (AvgIpc) is 2.48. The molecule has 5 nitrogen and oxygen atoms in total. The first-order valence-electron chi connectivity index (χ1n) is 6.20. The fourth-order valence-electron chi connectivity index (χ4n) is 1.66. The number of nitrogens with one attached hydrogen (secondary N) is 1. The Morgan fingerprint density at radius 1 is 1.24 bits per heavy atom. The van der Waals surface area contributed by atoms with E-state index < -0.39 is 0 Å². The number of ether oxygens (including phenoxy) is 2. The van der Waals surface area contributed by atoms with Crippen molar-refractivity contribution < 1.29 is 14.3 Å². The number of rotatable bonds is 5. The molecule has 0 saturated heterocycles. The van der Waals surface area contributed by atoms with E-state index in [0.29, 0.717) is 27.9 Å². The molecule has 3 N–H and O–H groups in total. The van der Waals surface area contributed by atoms with Crippen molar-refractivity contribution in [2.75, 3.05) is 24.8 Å². The third-order valence-corrected chi connectivity index (χ3v) is 2.99. The van der Waals surface area contributed by atoms with Gasteiger partial charge in [0, 0.05) is 11.8 Å². The number of benzene rings is 2. The van der Waals surface area contributed by atoms with Crippen molar-refractivity contribution in [3.8, 4) is 11.5 Å². The number of hydrogen-bond acceptors (Lipinski definition) is 4. The van der Waals surface area contributed by atoms with Gasteiger partial charge in [-0.1, -0.05) is 17.7 Å². The van der Waals surface area contributed by atoms with Crippen molar-refractivity contribution in [2.24, 2.45) is 0 Å². The normalized spacial score (nSPS) is 10.0. The van der Waals surface area contributed by atoms with Gasteiger partial charge in [0.25, 0.3) is 5.91 Å². The number of anilines is 2. The topological polar surface area (TPSA) is 73.6 Å². The van der Waals surface area contributed by atoms with E-state index in [1.165, 1.54) is 0 Å². The van der Waals surface area contributed by atoms with Crippen LogP contribution in [0.3, 0.4) is 0 Å². The van der Waals surface area contributed by atoms with E-state index in [1.807, 2.05) is 0 Å². The Bertz CT molecular complexity index is 647. The van der Waals surface area contributed by atoms with E-state index in [1.54, 1.807) is 49.6 Å². The van der Waals surface area contributed by atoms with Crippen molar-refractivity contribution >= 4 is 28.9 Å². The molecule has 0 radical (unpaired) electrons. The molecule has 6 heteroatoms. The fraction of sp³-hybridized carbons (Fsp3) is 0.133. The van der Waals surface area contributed by atoms with Gasteiger partial charge in [-0.25, -0.2) is 0 Å². The van der Waals surface area contributed by atoms with Gasteiger partial charge in [-0.15, -0.1) is 0 Å². The maximum Gasteiger partial charge on any atom is 0.262 e. The lowest BCUT2D eigenvalue weighted by molar-refractivity contribution is -0.118. The lowest BCUT2D eigenvalue weighted by Gasteiger charge is -2.10. The second-order valence-corrected chi connectivity index (χ2v) is 4.66. The van der Waals surface area contributed by atoms with Gasteiger partial charge in [0.05, 0.1) is 17.8 Å². The minimum Gasteiger partial charge on any atom is -0.497 e. The molecule has 0 spiro atoms. The van der Waals surface area contributed by atoms with Crippen molar-refractivity contribution in [3.63, 3.8) is 0 Å². The van der Waals surface area contributed by atoms with Crippen LogP contribution < -0.4 is 20.5 Å². The number of carbonyl (C=O) groups is 1. The quantitative estimate of drug-likeness (QED) is 0.833. The van der Waals surface area contributed by atoms with Crippen LogP contribution in [0.4, 0.5) is 11.4 Å². The molecule has 110 valence electrons. The Hall–Kier alpha value is -2.40. The summed E-state index contributed by atoms with van der Waals surface area (Å²) >= 11 is 5.98. The zero-order valence-corrected chi connectivity index (χ0v) is 12.2. The molecule has 0 heterocycles. The first-order valence-corrected chi connectivity index (χ1v) is 6.58. The summed E-state index contributed by atoms with van der Waals surface area (Å²) in [7, 11) is 1.56. The molecule has 0 aliphatic carbocycles. The van der Waals surface area contributed by atoms with Crippen molar-refractivity contribution in [1.29, 1.82) is 0 Å². The summed E-state index contributed by atoms with van der Waals surface area (Å²) in [4.78, 5) is 11.8. The predicted octanol–water partition coefficient (Wildman–Crippen LogP) is 2.95. The monoisotopic (exact) mass is 306 g/mol. The number of nitrogen functional groups attached to an aromatic ring is 1. The third-order valence-electron chi connectivity index (χ3n) is 2.68. The Labute approximate surface area is 127 Å². The number of halogens is 1. The molecule has 2 aromatic rings. The summed E-state index contributed by atoms with van der Waals surface area (Å²) in [6.45, 7) is -0.131. The van der Waals surface area contributed by atoms with Gasteiger partial charge in [-0.3, -0.25) is 4.79 Å². The zero-order chi connectivity index (χ0) is 15.2. The van der Waals surface area contributed by atoms with E-state index in [-0.39, 0.29) is 12.5 Å². The molecule has 0 fully saturated rings. The maximum atomic E-state index is 11.8. The predicted molar refractivity (Wildman–Crippen MR) is 83.0 cm³/mol. The van der Waals surface area contributed by atoms with Crippen molar-refractivity contribution in [2.45, 2.75) is 0 Å². The van der Waals surface area contributed by atoms with Crippen molar-refractivity contribution in [1.82, 2.24) is 0 Å². The number of carbonyl (C=O) groups excluding carboxylic acids is 1. The van der Waals surface area contributed by atoms with Gasteiger partial charge in [-0.05, 0) is 30.3 Å². The van der Waals surface area contributed by atoms with Crippen LogP contribution in [0.1, 0.15) is 0 Å². The largest absolute Gasteiger partial charge is 0.497 e. The Balaban J connectivity index is 1.92. The molecular weight excluding hydrogens is 292 g/mol. The van der Waals surface area contributed by atoms with Gasteiger partial charge in [0.15, 0.2) is 6.61 Å². The summed E-state index contributed by atoms with van der Waals surface area (Å²) in [5, 5.41) is 3.03. The number of hydrogen-bond donors (Lipinski definition) is 2. The van der Waals surface area contributed by atoms with Crippen LogP contribution in [0, 0.1) is 0 Å². The summed E-state index contributed by atoms with van der Waals surface area (Å²) < 4.78 is 10.5. The molecular formula is C15H15ClN2O3. The molecule has 2 rings (SSSR count). The smallest absolute Gasteiger partial charge is 0.262 e. The molecule has 0 atom stereocenters. The van der Waals surface area contributed by atoms with E-state index in [0.717, 1.165) is 0 Å². The highest BCUT2D eigenvalue weighted by Crippen LogP contribution is 2.24. The highest BCUT2D eigenvalue weighted by Gasteiger charge is 2.07. The second kappa shape index (κ2) is 6.85. The molecule has 0 aromatic heterocycles. The van der Waals surface area contributed by atoms with Gasteiger partial charge in [0.1, 0.15) is 11.5 Å². The summed E-state index contributed by atoms with van der Waals surface area (Å²) in [5.41, 5.74) is 6.61. The number of nitrogens with two attached hydrogens (primary N) is 1. The third kappa shape index (κ3) is 4.29. The Morgan fingerprint density at radius 2 is 2.00 bits per heavy atom. The average molecular weight is 307 g/mol. The van der Waals surface area contributed by atoms with E-state index >= 15 is 0 Å². The number of methoxy groups -OCH3 is 1. The minimum atomic E-state index is -0.315. The molecule has 0 aliphatic heterocycles. The number of amides is 1. The fourth-order valence-corrected chi connectivity index (χ4v) is 1.90. The maximum absolute atomic E-state index is 11.8. The van der Waals surface area contributed by atoms with Crippen LogP contribution in [0.2, 0.25) is 5.02 Å². The summed E-state index contributed by atoms with van der Waals surface area (Å²) in [5.74, 6) is 0.895. The van der Waals surface area contributed by atoms with Gasteiger partial charge >= 0.3 is 0 Å². The van der Waals surface area contributed by atoms with E-state index in [2.05, 4.69) is 5.32 Å². The SMILES string of the molecule is COc1cccc(OCC(=O)Nc2ccc(N)cc2Cl)c1. The Kier molecular flexibility index (Phi) is 4.90. The van der Waals surface area contributed by atoms with Crippen LogP contribution in [-0.4, -0.2) is 19.6 Å². The molecule has 21 heavy (non-hydrogen) atoms. The molecule has 1 amide bonds. The molecule has 0 saturated carbocycles. The summed E-state index contributed by atoms with van der Waals surface area (Å²) in [6, 6.07) is 11.9. The van der Waals surface area contributed by atoms with Gasteiger partial charge in [0.2, 0.25) is 0 Å². The van der Waals surface area contributed by atoms with Crippen LogP contribution in [0.5, 0.6) is 11.5 Å².